The van der Waals surface area contributed by atoms with Crippen molar-refractivity contribution in [3.05, 3.63) is 90.2 Å². The third-order valence-corrected chi connectivity index (χ3v) is 5.28. The fourth-order valence-corrected chi connectivity index (χ4v) is 3.42. The summed E-state index contributed by atoms with van der Waals surface area (Å²) in [5, 5.41) is 15.0. The van der Waals surface area contributed by atoms with E-state index in [0.29, 0.717) is 16.6 Å². The Morgan fingerprint density at radius 1 is 1.06 bits per heavy atom. The number of benzene rings is 3. The van der Waals surface area contributed by atoms with Crippen molar-refractivity contribution in [1.29, 1.82) is 0 Å². The van der Waals surface area contributed by atoms with E-state index in [0.717, 1.165) is 23.1 Å². The number of hydrazone groups is 1. The van der Waals surface area contributed by atoms with Crippen LogP contribution in [0.1, 0.15) is 5.56 Å². The summed E-state index contributed by atoms with van der Waals surface area (Å²) >= 11 is 1.10. The predicted molar refractivity (Wildman–Crippen MR) is 130 cm³/mol. The number of nitrogens with two attached hydrogens (primary N) is 1. The molecule has 4 N–H and O–H groups in total. The highest BCUT2D eigenvalue weighted by Gasteiger charge is 2.12. The first-order valence-electron chi connectivity index (χ1n) is 10.1. The van der Waals surface area contributed by atoms with Gasteiger partial charge in [0.25, 0.3) is 5.95 Å². The van der Waals surface area contributed by atoms with Gasteiger partial charge in [-0.15, -0.1) is 10.2 Å². The lowest BCUT2D eigenvalue weighted by atomic mass is 10.2. The minimum Gasteiger partial charge on any atom is -0.457 e. The van der Waals surface area contributed by atoms with E-state index >= 15 is 0 Å². The molecule has 0 fully saturated rings. The Morgan fingerprint density at radius 3 is 2.62 bits per heavy atom. The summed E-state index contributed by atoms with van der Waals surface area (Å²) in [6, 6.07) is 22.4. The number of thioether (sulfide) groups is 1. The van der Waals surface area contributed by atoms with Crippen molar-refractivity contribution in [2.75, 3.05) is 22.3 Å². The Kier molecular flexibility index (Phi) is 7.35. The number of hydrogen-bond donors (Lipinski definition) is 3. The van der Waals surface area contributed by atoms with Gasteiger partial charge in [0, 0.05) is 5.69 Å². The molecule has 0 saturated carbocycles. The summed E-state index contributed by atoms with van der Waals surface area (Å²) in [5.74, 6) is 6.99. The number of anilines is 2. The number of amides is 1. The first-order chi connectivity index (χ1) is 16.6. The van der Waals surface area contributed by atoms with Crippen LogP contribution in [0, 0.1) is 5.82 Å². The fraction of sp³-hybridized carbons (Fsp3) is 0.0435. The Bertz CT molecular complexity index is 1280. The zero-order chi connectivity index (χ0) is 23.8. The second-order valence-electron chi connectivity index (χ2n) is 6.88. The van der Waals surface area contributed by atoms with Crippen molar-refractivity contribution in [1.82, 2.24) is 14.9 Å². The van der Waals surface area contributed by atoms with Crippen molar-refractivity contribution in [3.63, 3.8) is 0 Å². The lowest BCUT2D eigenvalue weighted by Crippen LogP contribution is -2.16. The number of rotatable bonds is 9. The molecule has 172 valence electrons. The second-order valence-corrected chi connectivity index (χ2v) is 7.82. The quantitative estimate of drug-likeness (QED) is 0.144. The van der Waals surface area contributed by atoms with Crippen molar-refractivity contribution < 1.29 is 13.9 Å². The van der Waals surface area contributed by atoms with Crippen LogP contribution in [0.25, 0.3) is 0 Å². The maximum atomic E-state index is 13.0. The van der Waals surface area contributed by atoms with Gasteiger partial charge in [-0.1, -0.05) is 42.1 Å². The van der Waals surface area contributed by atoms with Crippen LogP contribution in [0.3, 0.4) is 0 Å². The van der Waals surface area contributed by atoms with Gasteiger partial charge in [0.1, 0.15) is 17.3 Å². The van der Waals surface area contributed by atoms with E-state index < -0.39 is 0 Å². The highest BCUT2D eigenvalue weighted by atomic mass is 32.2. The number of halogens is 1. The SMILES string of the molecule is Nn1c(N/N=C/c2cccc(Oc3ccccc3)c2)nnc1SCC(=O)Nc1ccc(F)cc1. The summed E-state index contributed by atoms with van der Waals surface area (Å²) in [4.78, 5) is 12.1. The molecule has 0 aliphatic carbocycles. The molecule has 11 heteroatoms. The topological polar surface area (TPSA) is 119 Å². The van der Waals surface area contributed by atoms with E-state index in [4.69, 9.17) is 10.6 Å². The van der Waals surface area contributed by atoms with E-state index in [1.54, 1.807) is 6.21 Å². The van der Waals surface area contributed by atoms with Crippen molar-refractivity contribution in [3.8, 4) is 11.5 Å². The molecule has 0 saturated heterocycles. The molecule has 0 radical (unpaired) electrons. The number of nitrogens with one attached hydrogen (secondary N) is 2. The molecule has 0 spiro atoms. The molecule has 0 aliphatic rings. The van der Waals surface area contributed by atoms with Crippen LogP contribution < -0.4 is 21.3 Å². The Labute approximate surface area is 198 Å². The number of para-hydroxylation sites is 1. The molecule has 0 unspecified atom stereocenters. The Balaban J connectivity index is 1.29. The molecule has 1 heterocycles. The summed E-state index contributed by atoms with van der Waals surface area (Å²) < 4.78 is 20.0. The van der Waals surface area contributed by atoms with Gasteiger partial charge in [-0.3, -0.25) is 4.79 Å². The average Bonchev–Trinajstić information content (AvgIpc) is 3.19. The number of hydrogen-bond acceptors (Lipinski definition) is 8. The molecule has 4 rings (SSSR count). The van der Waals surface area contributed by atoms with Crippen molar-refractivity contribution >= 4 is 35.5 Å². The largest absolute Gasteiger partial charge is 0.457 e. The summed E-state index contributed by atoms with van der Waals surface area (Å²) in [6.07, 6.45) is 1.59. The summed E-state index contributed by atoms with van der Waals surface area (Å²) in [5.41, 5.74) is 4.03. The van der Waals surface area contributed by atoms with Crippen LogP contribution in [-0.4, -0.2) is 32.7 Å². The average molecular weight is 478 g/mol. The fourth-order valence-electron chi connectivity index (χ4n) is 2.76. The smallest absolute Gasteiger partial charge is 0.264 e. The van der Waals surface area contributed by atoms with E-state index in [1.165, 1.54) is 28.9 Å². The molecule has 1 aromatic heterocycles. The van der Waals surface area contributed by atoms with Crippen molar-refractivity contribution in [2.45, 2.75) is 5.16 Å². The maximum absolute atomic E-state index is 13.0. The molecule has 0 atom stereocenters. The monoisotopic (exact) mass is 477 g/mol. The van der Waals surface area contributed by atoms with E-state index in [-0.39, 0.29) is 23.4 Å². The number of aromatic nitrogens is 3. The molecule has 3 aromatic carbocycles. The molecular formula is C23H20FN7O2S. The van der Waals surface area contributed by atoms with Crippen LogP contribution in [0.5, 0.6) is 11.5 Å². The van der Waals surface area contributed by atoms with Crippen molar-refractivity contribution in [2.24, 2.45) is 5.10 Å². The summed E-state index contributed by atoms with van der Waals surface area (Å²) in [6.45, 7) is 0. The predicted octanol–water partition coefficient (Wildman–Crippen LogP) is 4.10. The van der Waals surface area contributed by atoms with Gasteiger partial charge in [-0.2, -0.15) is 5.10 Å². The molecular weight excluding hydrogens is 457 g/mol. The number of carbonyl (C=O) groups excluding carboxylic acids is 1. The van der Waals surface area contributed by atoms with Gasteiger partial charge in [0.05, 0.1) is 12.0 Å². The molecule has 0 aliphatic heterocycles. The van der Waals surface area contributed by atoms with E-state index in [2.05, 4.69) is 26.0 Å². The van der Waals surface area contributed by atoms with Crippen LogP contribution in [0.4, 0.5) is 16.0 Å². The van der Waals surface area contributed by atoms with Gasteiger partial charge in [-0.05, 0) is 54.1 Å². The van der Waals surface area contributed by atoms with Crippen LogP contribution in [0.2, 0.25) is 0 Å². The number of nitrogens with zero attached hydrogens (tertiary/aromatic N) is 4. The normalized spacial score (nSPS) is 10.9. The first kappa shape index (κ1) is 22.8. The molecule has 34 heavy (non-hydrogen) atoms. The maximum Gasteiger partial charge on any atom is 0.264 e. The lowest BCUT2D eigenvalue weighted by Gasteiger charge is -2.06. The third-order valence-electron chi connectivity index (χ3n) is 4.34. The standard InChI is InChI=1S/C23H20FN7O2S/c24-17-9-11-18(12-10-17)27-21(32)15-34-23-30-29-22(31(23)25)28-26-14-16-5-4-8-20(13-16)33-19-6-2-1-3-7-19/h1-14H,15,25H2,(H,27,32)(H,28,29)/b26-14+. The summed E-state index contributed by atoms with van der Waals surface area (Å²) in [7, 11) is 0. The molecule has 1 amide bonds. The molecule has 0 bridgehead atoms. The van der Waals surface area contributed by atoms with Gasteiger partial charge >= 0.3 is 0 Å². The number of carbonyl (C=O) groups is 1. The minimum atomic E-state index is -0.375. The van der Waals surface area contributed by atoms with Crippen LogP contribution >= 0.6 is 11.8 Å². The second kappa shape index (κ2) is 11.0. The van der Waals surface area contributed by atoms with Crippen LogP contribution in [-0.2, 0) is 4.79 Å². The molecule has 4 aromatic rings. The Hall–Kier alpha value is -4.38. The van der Waals surface area contributed by atoms with Gasteiger partial charge in [0.15, 0.2) is 0 Å². The minimum absolute atomic E-state index is 0.0458. The third kappa shape index (κ3) is 6.33. The van der Waals surface area contributed by atoms with Gasteiger partial charge < -0.3 is 15.9 Å². The van der Waals surface area contributed by atoms with E-state index in [1.807, 2.05) is 54.6 Å². The zero-order valence-corrected chi connectivity index (χ0v) is 18.6. The highest BCUT2D eigenvalue weighted by molar-refractivity contribution is 7.99. The van der Waals surface area contributed by atoms with Gasteiger partial charge in [-0.25, -0.2) is 14.5 Å². The zero-order valence-electron chi connectivity index (χ0n) is 17.8. The number of nitrogen functional groups attached to an aromatic ring is 1. The number of ether oxygens (including phenoxy) is 1. The Morgan fingerprint density at radius 2 is 1.82 bits per heavy atom. The van der Waals surface area contributed by atoms with Crippen LogP contribution in [0.15, 0.2) is 89.1 Å². The highest BCUT2D eigenvalue weighted by Crippen LogP contribution is 2.21. The lowest BCUT2D eigenvalue weighted by molar-refractivity contribution is -0.113. The van der Waals surface area contributed by atoms with E-state index in [9.17, 15) is 9.18 Å². The first-order valence-corrected chi connectivity index (χ1v) is 11.1. The molecule has 9 nitrogen and oxygen atoms in total. The van der Waals surface area contributed by atoms with Gasteiger partial charge in [0.2, 0.25) is 11.1 Å².